The molecule has 9 heteroatoms. The minimum absolute atomic E-state index is 0.110. The van der Waals surface area contributed by atoms with Crippen LogP contribution in [-0.4, -0.2) is 52.6 Å². The smallest absolute Gasteiger partial charge is 0.414 e. The second-order valence-corrected chi connectivity index (χ2v) is 7.62. The van der Waals surface area contributed by atoms with Crippen LogP contribution in [-0.2, 0) is 24.6 Å². The van der Waals surface area contributed by atoms with Crippen LogP contribution in [0.5, 0.6) is 0 Å². The summed E-state index contributed by atoms with van der Waals surface area (Å²) in [4.78, 5) is 45.6. The summed E-state index contributed by atoms with van der Waals surface area (Å²) in [6.45, 7) is 8.62. The average Bonchev–Trinajstić information content (AvgIpc) is 2.94. The Labute approximate surface area is 176 Å². The number of hydrogen-bond donors (Lipinski definition) is 4. The number of nitrogens with one attached hydrogen (secondary N) is 1. The van der Waals surface area contributed by atoms with E-state index in [1.807, 2.05) is 45.0 Å². The van der Waals surface area contributed by atoms with E-state index in [1.165, 1.54) is 0 Å². The molecular formula is C21H31N3O6. The molecule has 0 aliphatic carbocycles. The van der Waals surface area contributed by atoms with Crippen LogP contribution in [0.15, 0.2) is 24.3 Å². The number of anilines is 1. The number of unbranched alkanes of at least 4 members (excludes halogenated alkanes) is 1. The maximum absolute atomic E-state index is 12.9. The molecule has 0 radical (unpaired) electrons. The first-order valence-electron chi connectivity index (χ1n) is 9.92. The number of fused-ring (bicyclic) bond motifs is 1. The highest BCUT2D eigenvalue weighted by Gasteiger charge is 2.51. The van der Waals surface area contributed by atoms with Crippen molar-refractivity contribution in [2.24, 2.45) is 5.73 Å². The molecule has 1 heterocycles. The number of rotatable bonds is 6. The van der Waals surface area contributed by atoms with Crippen molar-refractivity contribution >= 4 is 29.4 Å². The van der Waals surface area contributed by atoms with E-state index >= 15 is 0 Å². The van der Waals surface area contributed by atoms with Crippen molar-refractivity contribution in [1.82, 2.24) is 5.32 Å². The number of aliphatic carboxylic acids is 2. The maximum atomic E-state index is 12.9. The zero-order chi connectivity index (χ0) is 23.1. The topological polar surface area (TPSA) is 150 Å². The zero-order valence-corrected chi connectivity index (χ0v) is 17.8. The van der Waals surface area contributed by atoms with Crippen molar-refractivity contribution in [3.05, 3.63) is 29.8 Å². The number of hydrogen-bond acceptors (Lipinski definition) is 5. The molecule has 0 aromatic heterocycles. The van der Waals surface area contributed by atoms with Gasteiger partial charge in [0.25, 0.3) is 0 Å². The molecule has 2 rings (SSSR count). The highest BCUT2D eigenvalue weighted by Crippen LogP contribution is 2.45. The van der Waals surface area contributed by atoms with Crippen LogP contribution in [0.1, 0.15) is 52.5 Å². The van der Waals surface area contributed by atoms with Crippen molar-refractivity contribution in [2.75, 3.05) is 11.4 Å². The third-order valence-electron chi connectivity index (χ3n) is 5.05. The standard InChI is InChI=1S/C19H29N3O2.C2H2O4/c1-5-7-12-21-17(23)16-19(3,4)13-10-8-9-11-15(13)22(16)18(24)14(20)6-2;3-1(4)2(5)6/h8-11,14,16H,5-7,12,20H2,1-4H3,(H,21,23);(H,3,4)(H,5,6)/t14-,16-;/m0./s1. The molecule has 0 fully saturated rings. The molecule has 5 N–H and O–H groups in total. The van der Waals surface area contributed by atoms with E-state index in [0.29, 0.717) is 13.0 Å². The molecule has 0 spiro atoms. The summed E-state index contributed by atoms with van der Waals surface area (Å²) in [7, 11) is 0. The lowest BCUT2D eigenvalue weighted by Gasteiger charge is -2.33. The Morgan fingerprint density at radius 3 is 2.20 bits per heavy atom. The molecule has 9 nitrogen and oxygen atoms in total. The predicted molar refractivity (Wildman–Crippen MR) is 112 cm³/mol. The summed E-state index contributed by atoms with van der Waals surface area (Å²) >= 11 is 0. The summed E-state index contributed by atoms with van der Waals surface area (Å²) in [5, 5.41) is 17.8. The highest BCUT2D eigenvalue weighted by atomic mass is 16.4. The van der Waals surface area contributed by atoms with Crippen LogP contribution in [0.2, 0.25) is 0 Å². The molecule has 0 bridgehead atoms. The van der Waals surface area contributed by atoms with Crippen LogP contribution in [0.3, 0.4) is 0 Å². The van der Waals surface area contributed by atoms with E-state index in [9.17, 15) is 9.59 Å². The predicted octanol–water partition coefficient (Wildman–Crippen LogP) is 1.49. The average molecular weight is 421 g/mol. The second-order valence-electron chi connectivity index (χ2n) is 7.62. The van der Waals surface area contributed by atoms with Crippen LogP contribution >= 0.6 is 0 Å². The van der Waals surface area contributed by atoms with Gasteiger partial charge in [0.05, 0.1) is 6.04 Å². The first-order valence-corrected chi connectivity index (χ1v) is 9.92. The number of nitrogens with two attached hydrogens (primary N) is 1. The van der Waals surface area contributed by atoms with Gasteiger partial charge in [-0.05, 0) is 24.5 Å². The molecule has 2 amide bonds. The molecule has 1 aromatic carbocycles. The number of carbonyl (C=O) groups excluding carboxylic acids is 2. The van der Waals surface area contributed by atoms with E-state index in [2.05, 4.69) is 12.2 Å². The quantitative estimate of drug-likeness (QED) is 0.401. The van der Waals surface area contributed by atoms with Gasteiger partial charge in [-0.15, -0.1) is 0 Å². The van der Waals surface area contributed by atoms with Gasteiger partial charge in [-0.3, -0.25) is 14.5 Å². The van der Waals surface area contributed by atoms with E-state index in [4.69, 9.17) is 25.5 Å². The van der Waals surface area contributed by atoms with Crippen molar-refractivity contribution in [2.45, 2.75) is 64.5 Å². The summed E-state index contributed by atoms with van der Waals surface area (Å²) in [6, 6.07) is 6.56. The lowest BCUT2D eigenvalue weighted by atomic mass is 9.80. The zero-order valence-electron chi connectivity index (χ0n) is 17.8. The molecule has 2 atom stereocenters. The Morgan fingerprint density at radius 2 is 1.70 bits per heavy atom. The number of carboxylic acids is 2. The van der Waals surface area contributed by atoms with Gasteiger partial charge in [-0.25, -0.2) is 9.59 Å². The van der Waals surface area contributed by atoms with Gasteiger partial charge >= 0.3 is 11.9 Å². The molecule has 0 saturated carbocycles. The summed E-state index contributed by atoms with van der Waals surface area (Å²) in [5.74, 6) is -3.95. The molecule has 1 aliphatic rings. The lowest BCUT2D eigenvalue weighted by molar-refractivity contribution is -0.159. The molecule has 1 aromatic rings. The largest absolute Gasteiger partial charge is 0.473 e. The minimum atomic E-state index is -1.82. The number of para-hydroxylation sites is 1. The third-order valence-corrected chi connectivity index (χ3v) is 5.05. The van der Waals surface area contributed by atoms with E-state index in [-0.39, 0.29) is 11.8 Å². The number of amides is 2. The van der Waals surface area contributed by atoms with Crippen LogP contribution in [0.4, 0.5) is 5.69 Å². The Balaban J connectivity index is 0.000000656. The Morgan fingerprint density at radius 1 is 1.13 bits per heavy atom. The molecule has 1 aliphatic heterocycles. The van der Waals surface area contributed by atoms with Gasteiger partial charge < -0.3 is 21.3 Å². The van der Waals surface area contributed by atoms with E-state index in [0.717, 1.165) is 24.1 Å². The van der Waals surface area contributed by atoms with Crippen molar-refractivity contribution in [1.29, 1.82) is 0 Å². The molecule has 30 heavy (non-hydrogen) atoms. The van der Waals surface area contributed by atoms with Crippen molar-refractivity contribution < 1.29 is 29.4 Å². The Hall–Kier alpha value is -2.94. The summed E-state index contributed by atoms with van der Waals surface area (Å²) in [6.07, 6.45) is 2.48. The fraction of sp³-hybridized carbons (Fsp3) is 0.524. The molecular weight excluding hydrogens is 390 g/mol. The maximum Gasteiger partial charge on any atom is 0.414 e. The van der Waals surface area contributed by atoms with E-state index in [1.54, 1.807) is 4.90 Å². The van der Waals surface area contributed by atoms with Crippen LogP contribution in [0, 0.1) is 0 Å². The SMILES string of the molecule is CCCCNC(=O)[C@@H]1N(C(=O)[C@@H](N)CC)c2ccccc2C1(C)C.O=C(O)C(=O)O. The molecule has 0 unspecified atom stereocenters. The van der Waals surface area contributed by atoms with Gasteiger partial charge in [0.15, 0.2) is 0 Å². The molecule has 166 valence electrons. The van der Waals surface area contributed by atoms with Crippen LogP contribution < -0.4 is 16.0 Å². The number of nitrogens with zero attached hydrogens (tertiary/aromatic N) is 1. The molecule has 0 saturated heterocycles. The summed E-state index contributed by atoms with van der Waals surface area (Å²) < 4.78 is 0. The number of carboxylic acid groups (broad SMARTS) is 2. The second kappa shape index (κ2) is 10.7. The Kier molecular flexibility index (Phi) is 8.97. The van der Waals surface area contributed by atoms with Gasteiger partial charge in [0.2, 0.25) is 11.8 Å². The fourth-order valence-electron chi connectivity index (χ4n) is 3.37. The van der Waals surface area contributed by atoms with E-state index < -0.39 is 29.4 Å². The van der Waals surface area contributed by atoms with Crippen LogP contribution in [0.25, 0.3) is 0 Å². The first kappa shape index (κ1) is 25.1. The first-order chi connectivity index (χ1) is 14.0. The minimum Gasteiger partial charge on any atom is -0.473 e. The van der Waals surface area contributed by atoms with Gasteiger partial charge in [-0.2, -0.15) is 0 Å². The third kappa shape index (κ3) is 5.56. The van der Waals surface area contributed by atoms with Gasteiger partial charge in [0.1, 0.15) is 6.04 Å². The van der Waals surface area contributed by atoms with Crippen molar-refractivity contribution in [3.63, 3.8) is 0 Å². The number of benzene rings is 1. The van der Waals surface area contributed by atoms with Gasteiger partial charge in [-0.1, -0.05) is 52.3 Å². The van der Waals surface area contributed by atoms with Crippen molar-refractivity contribution in [3.8, 4) is 0 Å². The van der Waals surface area contributed by atoms with Gasteiger partial charge in [0, 0.05) is 17.6 Å². The Bertz CT molecular complexity index is 781. The highest BCUT2D eigenvalue weighted by molar-refractivity contribution is 6.27. The summed E-state index contributed by atoms with van der Waals surface area (Å²) in [5.41, 5.74) is 7.35. The normalized spacial score (nSPS) is 17.2. The fourth-order valence-corrected chi connectivity index (χ4v) is 3.37. The number of carbonyl (C=O) groups is 4. The monoisotopic (exact) mass is 421 g/mol. The lowest BCUT2D eigenvalue weighted by Crippen LogP contribution is -2.57.